The number of para-hydroxylation sites is 1. The molecule has 0 spiro atoms. The quantitative estimate of drug-likeness (QED) is 0.683. The van der Waals surface area contributed by atoms with Gasteiger partial charge in [0.05, 0.1) is 11.0 Å². The van der Waals surface area contributed by atoms with Gasteiger partial charge in [-0.3, -0.25) is 9.78 Å². The molecule has 0 bridgehead atoms. The average Bonchev–Trinajstić information content (AvgIpc) is 2.90. The van der Waals surface area contributed by atoms with Crippen LogP contribution in [0, 0.1) is 0 Å². The Hall–Kier alpha value is -1.59. The average molecular weight is 333 g/mol. The summed E-state index contributed by atoms with van der Waals surface area (Å²) in [6.07, 6.45) is 2.06. The molecule has 0 atom stereocenters. The van der Waals surface area contributed by atoms with E-state index in [9.17, 15) is 4.79 Å². The Morgan fingerprint density at radius 2 is 2.16 bits per heavy atom. The van der Waals surface area contributed by atoms with Crippen LogP contribution in [-0.2, 0) is 6.42 Å². The molecule has 0 aliphatic rings. The van der Waals surface area contributed by atoms with Crippen LogP contribution >= 0.6 is 27.3 Å². The van der Waals surface area contributed by atoms with Crippen LogP contribution < -0.4 is 0 Å². The number of hydrogen-bond donors (Lipinski definition) is 0. The van der Waals surface area contributed by atoms with Crippen LogP contribution in [0.5, 0.6) is 0 Å². The normalized spacial score (nSPS) is 10.8. The zero-order chi connectivity index (χ0) is 13.2. The lowest BCUT2D eigenvalue weighted by Crippen LogP contribution is -2.06. The van der Waals surface area contributed by atoms with Crippen LogP contribution in [0.2, 0.25) is 0 Å². The van der Waals surface area contributed by atoms with Gasteiger partial charge in [-0.15, -0.1) is 11.3 Å². The van der Waals surface area contributed by atoms with Gasteiger partial charge in [0, 0.05) is 27.4 Å². The molecule has 3 nitrogen and oxygen atoms in total. The van der Waals surface area contributed by atoms with Crippen molar-refractivity contribution in [3.63, 3.8) is 0 Å². The van der Waals surface area contributed by atoms with Gasteiger partial charge < -0.3 is 0 Å². The first-order valence-electron chi connectivity index (χ1n) is 5.70. The van der Waals surface area contributed by atoms with Gasteiger partial charge in [-0.25, -0.2) is 4.98 Å². The standard InChI is InChI=1S/C14H9BrN2OS/c15-11-5-9-3-1-2-4-12(9)17-14(11)13(18)6-10-7-16-8-19-10/h1-5,7-8H,6H2. The summed E-state index contributed by atoms with van der Waals surface area (Å²) in [6.45, 7) is 0. The topological polar surface area (TPSA) is 42.9 Å². The first-order valence-corrected chi connectivity index (χ1v) is 7.37. The van der Waals surface area contributed by atoms with Crippen molar-refractivity contribution in [3.8, 4) is 0 Å². The van der Waals surface area contributed by atoms with Gasteiger partial charge in [-0.2, -0.15) is 0 Å². The van der Waals surface area contributed by atoms with Gasteiger partial charge >= 0.3 is 0 Å². The van der Waals surface area contributed by atoms with Crippen LogP contribution in [0.25, 0.3) is 10.9 Å². The fourth-order valence-electron chi connectivity index (χ4n) is 1.86. The largest absolute Gasteiger partial charge is 0.292 e. The smallest absolute Gasteiger partial charge is 0.187 e. The predicted molar refractivity (Wildman–Crippen MR) is 79.6 cm³/mol. The Morgan fingerprint density at radius 1 is 1.32 bits per heavy atom. The molecule has 5 heteroatoms. The minimum absolute atomic E-state index is 0.00174. The number of carbonyl (C=O) groups excluding carboxylic acids is 1. The third kappa shape index (κ3) is 2.57. The Bertz CT molecular complexity index is 740. The Kier molecular flexibility index (Phi) is 3.40. The molecular weight excluding hydrogens is 324 g/mol. The highest BCUT2D eigenvalue weighted by Crippen LogP contribution is 2.23. The molecule has 1 aromatic carbocycles. The van der Waals surface area contributed by atoms with E-state index in [2.05, 4.69) is 25.9 Å². The highest BCUT2D eigenvalue weighted by Gasteiger charge is 2.14. The van der Waals surface area contributed by atoms with E-state index in [0.29, 0.717) is 12.1 Å². The first-order chi connectivity index (χ1) is 9.24. The maximum Gasteiger partial charge on any atom is 0.187 e. The van der Waals surface area contributed by atoms with E-state index in [1.54, 1.807) is 11.7 Å². The molecule has 19 heavy (non-hydrogen) atoms. The molecule has 0 amide bonds. The van der Waals surface area contributed by atoms with Crippen molar-refractivity contribution >= 4 is 44.0 Å². The molecule has 0 radical (unpaired) electrons. The SMILES string of the molecule is O=C(Cc1cncs1)c1nc2ccccc2cc1Br. The van der Waals surface area contributed by atoms with Gasteiger partial charge in [0.25, 0.3) is 0 Å². The molecular formula is C14H9BrN2OS. The van der Waals surface area contributed by atoms with Crippen LogP contribution in [0.3, 0.4) is 0 Å². The van der Waals surface area contributed by atoms with Gasteiger partial charge in [-0.1, -0.05) is 18.2 Å². The van der Waals surface area contributed by atoms with E-state index in [4.69, 9.17) is 0 Å². The fourth-order valence-corrected chi connectivity index (χ4v) is 3.01. The van der Waals surface area contributed by atoms with Crippen LogP contribution in [0.4, 0.5) is 0 Å². The molecule has 0 saturated carbocycles. The van der Waals surface area contributed by atoms with Gasteiger partial charge in [0.1, 0.15) is 5.69 Å². The van der Waals surface area contributed by atoms with E-state index < -0.39 is 0 Å². The van der Waals surface area contributed by atoms with Crippen molar-refractivity contribution in [3.05, 3.63) is 57.1 Å². The molecule has 2 aromatic heterocycles. The second-order valence-electron chi connectivity index (χ2n) is 4.08. The van der Waals surface area contributed by atoms with Crippen LogP contribution in [-0.4, -0.2) is 15.8 Å². The maximum atomic E-state index is 12.3. The van der Waals surface area contributed by atoms with Gasteiger partial charge in [0.15, 0.2) is 5.78 Å². The number of thiazole rings is 1. The van der Waals surface area contributed by atoms with Crippen molar-refractivity contribution in [1.82, 2.24) is 9.97 Å². The summed E-state index contributed by atoms with van der Waals surface area (Å²) in [5, 5.41) is 1.02. The molecule has 2 heterocycles. The number of halogens is 1. The number of fused-ring (bicyclic) bond motifs is 1. The zero-order valence-corrected chi connectivity index (χ0v) is 12.2. The van der Waals surface area contributed by atoms with Crippen LogP contribution in [0.1, 0.15) is 15.4 Å². The lowest BCUT2D eigenvalue weighted by molar-refractivity contribution is 0.0988. The molecule has 0 N–H and O–H groups in total. The lowest BCUT2D eigenvalue weighted by atomic mass is 10.1. The molecule has 0 saturated heterocycles. The number of aromatic nitrogens is 2. The number of nitrogens with zero attached hydrogens (tertiary/aromatic N) is 2. The highest BCUT2D eigenvalue weighted by molar-refractivity contribution is 9.10. The molecule has 0 fully saturated rings. The Morgan fingerprint density at radius 3 is 2.95 bits per heavy atom. The molecule has 94 valence electrons. The second-order valence-corrected chi connectivity index (χ2v) is 5.90. The molecule has 3 rings (SSSR count). The van der Waals surface area contributed by atoms with E-state index >= 15 is 0 Å². The second kappa shape index (κ2) is 5.19. The zero-order valence-electron chi connectivity index (χ0n) is 9.84. The fraction of sp³-hybridized carbons (Fsp3) is 0.0714. The summed E-state index contributed by atoms with van der Waals surface area (Å²) in [6, 6.07) is 9.69. The summed E-state index contributed by atoms with van der Waals surface area (Å²) in [4.78, 5) is 21.6. The maximum absolute atomic E-state index is 12.3. The molecule has 0 aliphatic carbocycles. The molecule has 0 aliphatic heterocycles. The number of Topliss-reactive ketones (excluding diaryl/α,β-unsaturated/α-hetero) is 1. The summed E-state index contributed by atoms with van der Waals surface area (Å²) in [7, 11) is 0. The van der Waals surface area contributed by atoms with Gasteiger partial charge in [-0.05, 0) is 28.1 Å². The van der Waals surface area contributed by atoms with Crippen molar-refractivity contribution in [1.29, 1.82) is 0 Å². The number of rotatable bonds is 3. The summed E-state index contributed by atoms with van der Waals surface area (Å²) >= 11 is 4.91. The van der Waals surface area contributed by atoms with E-state index in [0.717, 1.165) is 20.3 Å². The highest BCUT2D eigenvalue weighted by atomic mass is 79.9. The predicted octanol–water partition coefficient (Wildman–Crippen LogP) is 3.88. The Labute approximate surface area is 122 Å². The van der Waals surface area contributed by atoms with E-state index in [-0.39, 0.29) is 5.78 Å². The number of pyridine rings is 1. The van der Waals surface area contributed by atoms with Crippen molar-refractivity contribution in [2.24, 2.45) is 0 Å². The molecule has 0 unspecified atom stereocenters. The third-order valence-corrected chi connectivity index (χ3v) is 4.14. The van der Waals surface area contributed by atoms with Crippen molar-refractivity contribution in [2.75, 3.05) is 0 Å². The summed E-state index contributed by atoms with van der Waals surface area (Å²) in [5.74, 6) is 0.00174. The Balaban J connectivity index is 1.99. The number of carbonyl (C=O) groups is 1. The number of benzene rings is 1. The van der Waals surface area contributed by atoms with E-state index in [1.807, 2.05) is 30.3 Å². The molecule has 3 aromatic rings. The number of hydrogen-bond acceptors (Lipinski definition) is 4. The van der Waals surface area contributed by atoms with Crippen molar-refractivity contribution < 1.29 is 4.79 Å². The van der Waals surface area contributed by atoms with E-state index in [1.165, 1.54) is 11.3 Å². The monoisotopic (exact) mass is 332 g/mol. The summed E-state index contributed by atoms with van der Waals surface area (Å²) < 4.78 is 0.737. The minimum atomic E-state index is 0.00174. The lowest BCUT2D eigenvalue weighted by Gasteiger charge is -2.04. The van der Waals surface area contributed by atoms with Gasteiger partial charge in [0.2, 0.25) is 0 Å². The minimum Gasteiger partial charge on any atom is -0.292 e. The third-order valence-electron chi connectivity index (χ3n) is 2.76. The van der Waals surface area contributed by atoms with Crippen LogP contribution in [0.15, 0.2) is 46.5 Å². The first kappa shape index (κ1) is 12.4. The summed E-state index contributed by atoms with van der Waals surface area (Å²) in [5.41, 5.74) is 3.04. The number of ketones is 1. The van der Waals surface area contributed by atoms with Crippen molar-refractivity contribution in [2.45, 2.75) is 6.42 Å².